The number of rotatable bonds is 2. The highest BCUT2D eigenvalue weighted by Crippen LogP contribution is 2.31. The van der Waals surface area contributed by atoms with Gasteiger partial charge in [0.05, 0.1) is 11.0 Å². The molecule has 6 heteroatoms. The van der Waals surface area contributed by atoms with Crippen molar-refractivity contribution in [3.8, 4) is 6.07 Å². The van der Waals surface area contributed by atoms with Crippen LogP contribution in [-0.2, 0) is 4.79 Å². The van der Waals surface area contributed by atoms with Crippen LogP contribution in [0.4, 0.5) is 0 Å². The summed E-state index contributed by atoms with van der Waals surface area (Å²) < 4.78 is 0. The number of hydrogen-bond donors (Lipinski definition) is 1. The number of likely N-dealkylation sites (tertiary alicyclic amines) is 1. The quantitative estimate of drug-likeness (QED) is 0.875. The molecule has 104 valence electrons. The third kappa shape index (κ3) is 2.62. The number of pyridine rings is 1. The highest BCUT2D eigenvalue weighted by Gasteiger charge is 2.38. The van der Waals surface area contributed by atoms with E-state index in [1.54, 1.807) is 17.9 Å². The SMILES string of the molecule is CC1(C(=O)O)CCN(C(=O)c2ccc(C#N)cn2)CC1. The van der Waals surface area contributed by atoms with Crippen LogP contribution in [0.1, 0.15) is 35.8 Å². The predicted molar refractivity (Wildman–Crippen MR) is 69.8 cm³/mol. The first-order valence-corrected chi connectivity index (χ1v) is 6.35. The van der Waals surface area contributed by atoms with Crippen LogP contribution in [0, 0.1) is 16.7 Å². The van der Waals surface area contributed by atoms with E-state index in [-0.39, 0.29) is 11.6 Å². The Morgan fingerprint density at radius 2 is 2.05 bits per heavy atom. The van der Waals surface area contributed by atoms with Crippen molar-refractivity contribution in [2.24, 2.45) is 5.41 Å². The van der Waals surface area contributed by atoms with Gasteiger partial charge in [-0.25, -0.2) is 4.98 Å². The summed E-state index contributed by atoms with van der Waals surface area (Å²) in [7, 11) is 0. The first-order chi connectivity index (χ1) is 9.46. The Kier molecular flexibility index (Phi) is 3.70. The fraction of sp³-hybridized carbons (Fsp3) is 0.429. The molecule has 1 aliphatic rings. The molecule has 2 heterocycles. The zero-order valence-electron chi connectivity index (χ0n) is 11.2. The third-order valence-corrected chi connectivity index (χ3v) is 3.78. The second kappa shape index (κ2) is 5.29. The Balaban J connectivity index is 2.05. The Labute approximate surface area is 116 Å². The molecule has 1 N–H and O–H groups in total. The minimum absolute atomic E-state index is 0.220. The largest absolute Gasteiger partial charge is 0.481 e. The molecule has 0 spiro atoms. The van der Waals surface area contributed by atoms with Crippen LogP contribution < -0.4 is 0 Å². The van der Waals surface area contributed by atoms with Gasteiger partial charge in [-0.3, -0.25) is 9.59 Å². The first-order valence-electron chi connectivity index (χ1n) is 6.35. The molecule has 1 aromatic rings. The third-order valence-electron chi connectivity index (χ3n) is 3.78. The van der Waals surface area contributed by atoms with Gasteiger partial charge in [0.15, 0.2) is 0 Å². The number of piperidine rings is 1. The maximum atomic E-state index is 12.2. The van der Waals surface area contributed by atoms with E-state index in [1.165, 1.54) is 12.3 Å². The van der Waals surface area contributed by atoms with Crippen molar-refractivity contribution in [2.75, 3.05) is 13.1 Å². The van der Waals surface area contributed by atoms with Crippen LogP contribution in [0.3, 0.4) is 0 Å². The van der Waals surface area contributed by atoms with Gasteiger partial charge in [0, 0.05) is 19.3 Å². The van der Waals surface area contributed by atoms with E-state index >= 15 is 0 Å². The number of carboxylic acids is 1. The summed E-state index contributed by atoms with van der Waals surface area (Å²) in [6, 6.07) is 5.01. The number of carboxylic acid groups (broad SMARTS) is 1. The number of nitriles is 1. The van der Waals surface area contributed by atoms with E-state index in [4.69, 9.17) is 10.4 Å². The van der Waals surface area contributed by atoms with Gasteiger partial charge < -0.3 is 10.0 Å². The molecule has 6 nitrogen and oxygen atoms in total. The maximum absolute atomic E-state index is 12.2. The van der Waals surface area contributed by atoms with Gasteiger partial charge in [-0.05, 0) is 31.9 Å². The molecule has 1 saturated heterocycles. The number of amides is 1. The molecule has 0 radical (unpaired) electrons. The summed E-state index contributed by atoms with van der Waals surface area (Å²) in [6.07, 6.45) is 2.23. The molecule has 2 rings (SSSR count). The van der Waals surface area contributed by atoms with Crippen molar-refractivity contribution in [1.29, 1.82) is 5.26 Å². The van der Waals surface area contributed by atoms with Gasteiger partial charge in [0.25, 0.3) is 5.91 Å². The van der Waals surface area contributed by atoms with Crippen LogP contribution in [0.5, 0.6) is 0 Å². The Morgan fingerprint density at radius 1 is 1.40 bits per heavy atom. The van der Waals surface area contributed by atoms with Crippen LogP contribution in [-0.4, -0.2) is 40.0 Å². The predicted octanol–water partition coefficient (Wildman–Crippen LogP) is 1.28. The average Bonchev–Trinajstić information content (AvgIpc) is 2.47. The van der Waals surface area contributed by atoms with Gasteiger partial charge in [-0.1, -0.05) is 0 Å². The summed E-state index contributed by atoms with van der Waals surface area (Å²) in [5.41, 5.74) is -0.0731. The van der Waals surface area contributed by atoms with Gasteiger partial charge in [0.2, 0.25) is 0 Å². The summed E-state index contributed by atoms with van der Waals surface area (Å²) in [6.45, 7) is 2.52. The normalized spacial score (nSPS) is 17.3. The highest BCUT2D eigenvalue weighted by molar-refractivity contribution is 5.92. The van der Waals surface area contributed by atoms with E-state index in [0.29, 0.717) is 31.5 Å². The van der Waals surface area contributed by atoms with Crippen molar-refractivity contribution in [2.45, 2.75) is 19.8 Å². The van der Waals surface area contributed by atoms with E-state index in [9.17, 15) is 9.59 Å². The zero-order chi connectivity index (χ0) is 14.8. The van der Waals surface area contributed by atoms with Gasteiger partial charge in [-0.2, -0.15) is 5.26 Å². The zero-order valence-corrected chi connectivity index (χ0v) is 11.2. The number of hydrogen-bond acceptors (Lipinski definition) is 4. The van der Waals surface area contributed by atoms with E-state index in [0.717, 1.165) is 0 Å². The van der Waals surface area contributed by atoms with Crippen LogP contribution in [0.25, 0.3) is 0 Å². The summed E-state index contributed by atoms with van der Waals surface area (Å²) in [5.74, 6) is -1.04. The summed E-state index contributed by atoms with van der Waals surface area (Å²) >= 11 is 0. The Hall–Kier alpha value is -2.42. The molecule has 0 saturated carbocycles. The Bertz CT molecular complexity index is 566. The number of carbonyl (C=O) groups excluding carboxylic acids is 1. The molecule has 0 atom stereocenters. The molecule has 0 bridgehead atoms. The smallest absolute Gasteiger partial charge is 0.309 e. The molecule has 1 amide bonds. The van der Waals surface area contributed by atoms with Crippen molar-refractivity contribution in [3.05, 3.63) is 29.6 Å². The molecule has 1 aliphatic heterocycles. The van der Waals surface area contributed by atoms with E-state index in [1.807, 2.05) is 6.07 Å². The maximum Gasteiger partial charge on any atom is 0.309 e. The van der Waals surface area contributed by atoms with Crippen LogP contribution in [0.2, 0.25) is 0 Å². The second-order valence-electron chi connectivity index (χ2n) is 5.20. The minimum atomic E-state index is -0.818. The molecule has 20 heavy (non-hydrogen) atoms. The monoisotopic (exact) mass is 273 g/mol. The van der Waals surface area contributed by atoms with Crippen LogP contribution >= 0.6 is 0 Å². The van der Waals surface area contributed by atoms with Crippen molar-refractivity contribution in [1.82, 2.24) is 9.88 Å². The number of nitrogens with zero attached hydrogens (tertiary/aromatic N) is 3. The molecule has 1 aromatic heterocycles. The lowest BCUT2D eigenvalue weighted by molar-refractivity contribution is -0.150. The van der Waals surface area contributed by atoms with Crippen LogP contribution in [0.15, 0.2) is 18.3 Å². The fourth-order valence-electron chi connectivity index (χ4n) is 2.17. The van der Waals surface area contributed by atoms with Crippen molar-refractivity contribution >= 4 is 11.9 Å². The van der Waals surface area contributed by atoms with E-state index in [2.05, 4.69) is 4.98 Å². The highest BCUT2D eigenvalue weighted by atomic mass is 16.4. The van der Waals surface area contributed by atoms with Gasteiger partial charge in [0.1, 0.15) is 11.8 Å². The lowest BCUT2D eigenvalue weighted by Crippen LogP contribution is -2.45. The lowest BCUT2D eigenvalue weighted by Gasteiger charge is -2.36. The molecular weight excluding hydrogens is 258 g/mol. The molecule has 1 fully saturated rings. The summed E-state index contributed by atoms with van der Waals surface area (Å²) in [5, 5.41) is 17.8. The number of aromatic nitrogens is 1. The average molecular weight is 273 g/mol. The minimum Gasteiger partial charge on any atom is -0.481 e. The number of carbonyl (C=O) groups is 2. The molecule has 0 aromatic carbocycles. The first kappa shape index (κ1) is 14.0. The van der Waals surface area contributed by atoms with Gasteiger partial charge >= 0.3 is 5.97 Å². The van der Waals surface area contributed by atoms with Crippen molar-refractivity contribution < 1.29 is 14.7 Å². The van der Waals surface area contributed by atoms with Crippen molar-refractivity contribution in [3.63, 3.8) is 0 Å². The molecule has 0 unspecified atom stereocenters. The second-order valence-corrected chi connectivity index (χ2v) is 5.20. The number of aliphatic carboxylic acids is 1. The topological polar surface area (TPSA) is 94.3 Å². The van der Waals surface area contributed by atoms with E-state index < -0.39 is 11.4 Å². The fourth-order valence-corrected chi connectivity index (χ4v) is 2.17. The Morgan fingerprint density at radius 3 is 2.50 bits per heavy atom. The van der Waals surface area contributed by atoms with Gasteiger partial charge in [-0.15, -0.1) is 0 Å². The summed E-state index contributed by atoms with van der Waals surface area (Å²) in [4.78, 5) is 28.9. The lowest BCUT2D eigenvalue weighted by atomic mass is 9.80. The standard InChI is InChI=1S/C14H15N3O3/c1-14(13(19)20)4-6-17(7-5-14)12(18)11-3-2-10(8-15)9-16-11/h2-3,9H,4-7H2,1H3,(H,19,20). The molecule has 0 aliphatic carbocycles. The molecular formula is C14H15N3O3.